The van der Waals surface area contributed by atoms with Crippen molar-refractivity contribution >= 4 is 11.6 Å². The van der Waals surface area contributed by atoms with Gasteiger partial charge in [0.15, 0.2) is 5.96 Å². The average molecular weight is 385 g/mol. The summed E-state index contributed by atoms with van der Waals surface area (Å²) >= 11 is 0. The van der Waals surface area contributed by atoms with Gasteiger partial charge in [-0.25, -0.2) is 0 Å². The van der Waals surface area contributed by atoms with Gasteiger partial charge in [-0.15, -0.1) is 0 Å². The number of hydrogen-bond acceptors (Lipinski definition) is 4. The number of aryl methyl sites for hydroxylation is 1. The van der Waals surface area contributed by atoms with Gasteiger partial charge < -0.3 is 25.4 Å². The maximum absolute atomic E-state index is 6.00. The molecule has 2 aromatic carbocycles. The Morgan fingerprint density at radius 2 is 1.82 bits per heavy atom. The normalized spacial score (nSPS) is 12.4. The van der Waals surface area contributed by atoms with E-state index in [0.29, 0.717) is 19.7 Å². The van der Waals surface area contributed by atoms with Gasteiger partial charge in [0.2, 0.25) is 0 Å². The van der Waals surface area contributed by atoms with Crippen LogP contribution in [0.4, 0.5) is 5.69 Å². The zero-order valence-electron chi connectivity index (χ0n) is 17.3. The third-order valence-corrected chi connectivity index (χ3v) is 4.25. The molecule has 0 aliphatic heterocycles. The summed E-state index contributed by atoms with van der Waals surface area (Å²) in [6.07, 6.45) is 0.0251. The predicted molar refractivity (Wildman–Crippen MR) is 116 cm³/mol. The summed E-state index contributed by atoms with van der Waals surface area (Å²) in [5, 5.41) is 9.95. The first-order valence-corrected chi connectivity index (χ1v) is 9.61. The summed E-state index contributed by atoms with van der Waals surface area (Å²) in [5.41, 5.74) is 3.41. The van der Waals surface area contributed by atoms with Crippen molar-refractivity contribution in [3.63, 3.8) is 0 Å². The zero-order valence-corrected chi connectivity index (χ0v) is 17.3. The molecule has 3 N–H and O–H groups in total. The minimum atomic E-state index is 0.0251. The van der Waals surface area contributed by atoms with Gasteiger partial charge in [0, 0.05) is 32.9 Å². The summed E-state index contributed by atoms with van der Waals surface area (Å²) in [5.74, 6) is 1.67. The molecule has 0 aliphatic carbocycles. The van der Waals surface area contributed by atoms with Crippen molar-refractivity contribution in [3.8, 4) is 5.75 Å². The molecule has 2 rings (SSSR count). The van der Waals surface area contributed by atoms with E-state index in [-0.39, 0.29) is 6.10 Å². The fourth-order valence-electron chi connectivity index (χ4n) is 2.63. The van der Waals surface area contributed by atoms with Crippen LogP contribution in [0.2, 0.25) is 0 Å². The van der Waals surface area contributed by atoms with E-state index in [1.54, 1.807) is 14.2 Å². The maximum Gasteiger partial charge on any atom is 0.191 e. The number of benzene rings is 2. The Kier molecular flexibility index (Phi) is 9.15. The molecule has 28 heavy (non-hydrogen) atoms. The van der Waals surface area contributed by atoms with Crippen LogP contribution in [-0.4, -0.2) is 45.9 Å². The quantitative estimate of drug-likeness (QED) is 0.334. The first-order valence-electron chi connectivity index (χ1n) is 9.61. The summed E-state index contributed by atoms with van der Waals surface area (Å²) in [6, 6.07) is 16.4. The van der Waals surface area contributed by atoms with E-state index < -0.39 is 0 Å². The van der Waals surface area contributed by atoms with Crippen LogP contribution in [0.15, 0.2) is 53.5 Å². The maximum atomic E-state index is 6.00. The number of nitrogens with one attached hydrogen (secondary N) is 3. The lowest BCUT2D eigenvalue weighted by atomic mass is 10.2. The molecule has 0 aliphatic rings. The molecule has 0 spiro atoms. The number of nitrogens with zero attached hydrogens (tertiary/aromatic N) is 1. The molecule has 0 saturated carbocycles. The fourth-order valence-corrected chi connectivity index (χ4v) is 2.63. The summed E-state index contributed by atoms with van der Waals surface area (Å²) in [4.78, 5) is 4.28. The van der Waals surface area contributed by atoms with Crippen LogP contribution in [0.5, 0.6) is 5.75 Å². The molecule has 0 bridgehead atoms. The fraction of sp³-hybridized carbons (Fsp3) is 0.409. The van der Waals surface area contributed by atoms with E-state index in [4.69, 9.17) is 9.47 Å². The SMILES string of the molecule is CN=C(NCc1ccc(NCCOC)cc1)NCC(C)Oc1ccccc1C. The Morgan fingerprint density at radius 3 is 2.50 bits per heavy atom. The number of methoxy groups -OCH3 is 1. The van der Waals surface area contributed by atoms with Crippen molar-refractivity contribution < 1.29 is 9.47 Å². The largest absolute Gasteiger partial charge is 0.489 e. The lowest BCUT2D eigenvalue weighted by Crippen LogP contribution is -2.41. The summed E-state index contributed by atoms with van der Waals surface area (Å²) < 4.78 is 11.0. The molecule has 152 valence electrons. The topological polar surface area (TPSA) is 66.9 Å². The molecule has 0 heterocycles. The molecule has 1 atom stereocenters. The molecule has 6 heteroatoms. The number of rotatable bonds is 10. The van der Waals surface area contributed by atoms with Crippen LogP contribution >= 0.6 is 0 Å². The Balaban J connectivity index is 1.74. The van der Waals surface area contributed by atoms with Crippen LogP contribution in [0.25, 0.3) is 0 Å². The van der Waals surface area contributed by atoms with Gasteiger partial charge in [0.05, 0.1) is 13.2 Å². The molecule has 0 radical (unpaired) electrons. The third kappa shape index (κ3) is 7.48. The van der Waals surface area contributed by atoms with Crippen molar-refractivity contribution in [2.24, 2.45) is 4.99 Å². The van der Waals surface area contributed by atoms with Crippen LogP contribution in [0.1, 0.15) is 18.1 Å². The summed E-state index contributed by atoms with van der Waals surface area (Å²) in [7, 11) is 3.47. The minimum Gasteiger partial charge on any atom is -0.489 e. The van der Waals surface area contributed by atoms with Gasteiger partial charge in [0.25, 0.3) is 0 Å². The Hall–Kier alpha value is -2.73. The first-order chi connectivity index (χ1) is 13.6. The highest BCUT2D eigenvalue weighted by atomic mass is 16.5. The highest BCUT2D eigenvalue weighted by molar-refractivity contribution is 5.79. The van der Waals surface area contributed by atoms with Crippen LogP contribution in [0.3, 0.4) is 0 Å². The lowest BCUT2D eigenvalue weighted by molar-refractivity contribution is 0.211. The highest BCUT2D eigenvalue weighted by Gasteiger charge is 2.07. The second-order valence-electron chi connectivity index (χ2n) is 6.62. The second-order valence-corrected chi connectivity index (χ2v) is 6.62. The van der Waals surface area contributed by atoms with Gasteiger partial charge in [-0.2, -0.15) is 0 Å². The first kappa shape index (κ1) is 21.6. The van der Waals surface area contributed by atoms with Crippen LogP contribution < -0.4 is 20.7 Å². The third-order valence-electron chi connectivity index (χ3n) is 4.25. The molecule has 0 amide bonds. The van der Waals surface area contributed by atoms with E-state index in [2.05, 4.69) is 45.2 Å². The Labute approximate surface area is 168 Å². The standard InChI is InChI=1S/C22H32N4O2/c1-17-7-5-6-8-21(17)28-18(2)15-25-22(23-3)26-16-19-9-11-20(12-10-19)24-13-14-27-4/h5-12,18,24H,13-16H2,1-4H3,(H2,23,25,26). The van der Waals surface area contributed by atoms with Crippen LogP contribution in [0, 0.1) is 6.92 Å². The van der Waals surface area contributed by atoms with Gasteiger partial charge >= 0.3 is 0 Å². The molecule has 2 aromatic rings. The van der Waals surface area contributed by atoms with E-state index in [0.717, 1.165) is 29.5 Å². The molecule has 1 unspecified atom stereocenters. The molecule has 0 aromatic heterocycles. The zero-order chi connectivity index (χ0) is 20.2. The van der Waals surface area contributed by atoms with Crippen molar-refractivity contribution in [2.75, 3.05) is 39.2 Å². The van der Waals surface area contributed by atoms with Crippen molar-refractivity contribution in [1.29, 1.82) is 0 Å². The van der Waals surface area contributed by atoms with Crippen molar-refractivity contribution in [2.45, 2.75) is 26.5 Å². The van der Waals surface area contributed by atoms with Crippen LogP contribution in [-0.2, 0) is 11.3 Å². The van der Waals surface area contributed by atoms with Gasteiger partial charge in [-0.05, 0) is 43.2 Å². The summed E-state index contributed by atoms with van der Waals surface area (Å²) in [6.45, 7) is 6.95. The van der Waals surface area contributed by atoms with Crippen molar-refractivity contribution in [1.82, 2.24) is 10.6 Å². The number of hydrogen-bond donors (Lipinski definition) is 3. The smallest absolute Gasteiger partial charge is 0.191 e. The number of anilines is 1. The Bertz CT molecular complexity index is 732. The lowest BCUT2D eigenvalue weighted by Gasteiger charge is -2.19. The van der Waals surface area contributed by atoms with E-state index in [1.807, 2.05) is 38.1 Å². The second kappa shape index (κ2) is 11.9. The molecular weight excluding hydrogens is 352 g/mol. The molecular formula is C22H32N4O2. The molecule has 0 saturated heterocycles. The van der Waals surface area contributed by atoms with Gasteiger partial charge in [-0.1, -0.05) is 30.3 Å². The van der Waals surface area contributed by atoms with Crippen molar-refractivity contribution in [3.05, 3.63) is 59.7 Å². The number of para-hydroxylation sites is 1. The highest BCUT2D eigenvalue weighted by Crippen LogP contribution is 2.17. The Morgan fingerprint density at radius 1 is 1.07 bits per heavy atom. The molecule has 0 fully saturated rings. The van der Waals surface area contributed by atoms with Gasteiger partial charge in [0.1, 0.15) is 11.9 Å². The monoisotopic (exact) mass is 384 g/mol. The average Bonchev–Trinajstić information content (AvgIpc) is 2.71. The minimum absolute atomic E-state index is 0.0251. The molecule has 6 nitrogen and oxygen atoms in total. The number of ether oxygens (including phenoxy) is 2. The predicted octanol–water partition coefficient (Wildman–Crippen LogP) is 3.19. The number of aliphatic imine (C=N–C) groups is 1. The van der Waals surface area contributed by atoms with E-state index in [9.17, 15) is 0 Å². The van der Waals surface area contributed by atoms with E-state index in [1.165, 1.54) is 5.56 Å². The van der Waals surface area contributed by atoms with E-state index >= 15 is 0 Å². The van der Waals surface area contributed by atoms with Gasteiger partial charge in [-0.3, -0.25) is 4.99 Å². The number of guanidine groups is 1.